The second-order valence-electron chi connectivity index (χ2n) is 5.87. The summed E-state index contributed by atoms with van der Waals surface area (Å²) in [5.41, 5.74) is 5.60. The summed E-state index contributed by atoms with van der Waals surface area (Å²) >= 11 is 0. The third-order valence-electron chi connectivity index (χ3n) is 2.60. The Balaban J connectivity index is 2.80. The van der Waals surface area contributed by atoms with E-state index in [1.807, 2.05) is 0 Å². The number of benzene rings is 1. The van der Waals surface area contributed by atoms with Crippen LogP contribution in [0.5, 0.6) is 0 Å². The molecule has 8 heteroatoms. The van der Waals surface area contributed by atoms with Gasteiger partial charge in [-0.3, -0.25) is 9.59 Å². The van der Waals surface area contributed by atoms with E-state index in [9.17, 15) is 14.4 Å². The van der Waals surface area contributed by atoms with Gasteiger partial charge in [0.15, 0.2) is 0 Å². The minimum atomic E-state index is -1.29. The van der Waals surface area contributed by atoms with Crippen LogP contribution >= 0.6 is 0 Å². The normalized spacial score (nSPS) is 12.1. The van der Waals surface area contributed by atoms with Gasteiger partial charge in [0.05, 0.1) is 17.8 Å². The van der Waals surface area contributed by atoms with Gasteiger partial charge in [0.2, 0.25) is 5.91 Å². The van der Waals surface area contributed by atoms with Crippen LogP contribution in [0.25, 0.3) is 0 Å². The molecular formula is C15H21N3O5. The second kappa shape index (κ2) is 7.48. The van der Waals surface area contributed by atoms with E-state index < -0.39 is 36.0 Å². The molecule has 0 saturated carbocycles. The van der Waals surface area contributed by atoms with Crippen molar-refractivity contribution < 1.29 is 24.2 Å². The van der Waals surface area contributed by atoms with E-state index in [2.05, 4.69) is 10.6 Å². The minimum Gasteiger partial charge on any atom is -0.481 e. The van der Waals surface area contributed by atoms with E-state index in [1.165, 1.54) is 0 Å². The molecule has 0 bridgehead atoms. The third-order valence-corrected chi connectivity index (χ3v) is 2.60. The average Bonchev–Trinajstić information content (AvgIpc) is 2.37. The van der Waals surface area contributed by atoms with Gasteiger partial charge in [-0.1, -0.05) is 12.1 Å². The van der Waals surface area contributed by atoms with E-state index >= 15 is 0 Å². The molecule has 0 aliphatic heterocycles. The van der Waals surface area contributed by atoms with Crippen LogP contribution in [-0.4, -0.2) is 34.7 Å². The Morgan fingerprint density at radius 1 is 1.26 bits per heavy atom. The summed E-state index contributed by atoms with van der Waals surface area (Å²) in [6, 6.07) is 5.22. The summed E-state index contributed by atoms with van der Waals surface area (Å²) < 4.78 is 5.03. The van der Waals surface area contributed by atoms with Crippen LogP contribution in [0, 0.1) is 0 Å². The number of ether oxygens (including phenoxy) is 1. The summed E-state index contributed by atoms with van der Waals surface area (Å²) in [5, 5.41) is 13.6. The molecule has 126 valence electrons. The summed E-state index contributed by atoms with van der Waals surface area (Å²) in [7, 11) is 0. The summed E-state index contributed by atoms with van der Waals surface area (Å²) in [5.74, 6) is -1.93. The highest BCUT2D eigenvalue weighted by molar-refractivity contribution is 6.00. The number of hydrogen-bond acceptors (Lipinski definition) is 5. The maximum Gasteiger partial charge on any atom is 0.408 e. The lowest BCUT2D eigenvalue weighted by Gasteiger charge is -2.22. The number of amides is 2. The zero-order chi connectivity index (χ0) is 17.6. The number of carbonyl (C=O) groups is 3. The molecule has 0 heterocycles. The molecule has 1 unspecified atom stereocenters. The Bertz CT molecular complexity index is 595. The number of rotatable bonds is 5. The van der Waals surface area contributed by atoms with Crippen molar-refractivity contribution in [1.29, 1.82) is 0 Å². The first-order chi connectivity index (χ1) is 10.6. The number of nitrogens with two attached hydrogens (primary N) is 1. The molecule has 1 atom stereocenters. The lowest BCUT2D eigenvalue weighted by molar-refractivity contribution is -0.139. The van der Waals surface area contributed by atoms with Crippen LogP contribution in [0.2, 0.25) is 0 Å². The largest absolute Gasteiger partial charge is 0.481 e. The Kier molecular flexibility index (Phi) is 5.94. The van der Waals surface area contributed by atoms with Gasteiger partial charge in [-0.15, -0.1) is 0 Å². The van der Waals surface area contributed by atoms with E-state index in [1.54, 1.807) is 45.0 Å². The van der Waals surface area contributed by atoms with Crippen LogP contribution in [0.15, 0.2) is 24.3 Å². The van der Waals surface area contributed by atoms with Gasteiger partial charge in [0.1, 0.15) is 11.6 Å². The number of carboxylic acids is 1. The molecular weight excluding hydrogens is 302 g/mol. The standard InChI is InChI=1S/C15H21N3O5/c1-15(2,3)23-14(22)18-11(8-12(19)20)13(21)17-10-7-5-4-6-9(10)16/h4-7,11H,8,16H2,1-3H3,(H,17,21)(H,18,22)(H,19,20). The fourth-order valence-corrected chi connectivity index (χ4v) is 1.66. The van der Waals surface area contributed by atoms with E-state index in [4.69, 9.17) is 15.6 Å². The smallest absolute Gasteiger partial charge is 0.408 e. The number of alkyl carbamates (subject to hydrolysis) is 1. The highest BCUT2D eigenvalue weighted by atomic mass is 16.6. The number of anilines is 2. The Hall–Kier alpha value is -2.77. The van der Waals surface area contributed by atoms with Gasteiger partial charge >= 0.3 is 12.1 Å². The van der Waals surface area contributed by atoms with Gasteiger partial charge in [-0.2, -0.15) is 0 Å². The van der Waals surface area contributed by atoms with Crippen molar-refractivity contribution in [2.45, 2.75) is 38.8 Å². The Labute approximate surface area is 134 Å². The molecule has 2 amide bonds. The molecule has 0 aliphatic rings. The fraction of sp³-hybridized carbons (Fsp3) is 0.400. The number of carboxylic acid groups (broad SMARTS) is 1. The zero-order valence-corrected chi connectivity index (χ0v) is 13.3. The molecule has 0 spiro atoms. The van der Waals surface area contributed by atoms with Crippen molar-refractivity contribution in [2.75, 3.05) is 11.1 Å². The molecule has 0 fully saturated rings. The second-order valence-corrected chi connectivity index (χ2v) is 5.87. The molecule has 5 N–H and O–H groups in total. The molecule has 0 saturated heterocycles. The van der Waals surface area contributed by atoms with Crippen LogP contribution in [0.1, 0.15) is 27.2 Å². The molecule has 8 nitrogen and oxygen atoms in total. The minimum absolute atomic E-state index is 0.326. The first kappa shape index (κ1) is 18.3. The van der Waals surface area contributed by atoms with Crippen molar-refractivity contribution in [1.82, 2.24) is 5.32 Å². The summed E-state index contributed by atoms with van der Waals surface area (Å²) in [6.45, 7) is 4.97. The first-order valence-corrected chi connectivity index (χ1v) is 6.95. The van der Waals surface area contributed by atoms with Crippen LogP contribution in [0.3, 0.4) is 0 Å². The van der Waals surface area contributed by atoms with Crippen molar-refractivity contribution >= 4 is 29.3 Å². The highest BCUT2D eigenvalue weighted by Crippen LogP contribution is 2.17. The van der Waals surface area contributed by atoms with E-state index in [0.717, 1.165) is 0 Å². The summed E-state index contributed by atoms with van der Waals surface area (Å²) in [4.78, 5) is 34.8. The molecule has 0 aromatic heterocycles. The molecule has 1 aromatic rings. The number of aliphatic carboxylic acids is 1. The number of hydrogen-bond donors (Lipinski definition) is 4. The molecule has 23 heavy (non-hydrogen) atoms. The predicted octanol–water partition coefficient (Wildman–Crippen LogP) is 1.58. The maximum absolute atomic E-state index is 12.2. The van der Waals surface area contributed by atoms with Gasteiger partial charge in [-0.05, 0) is 32.9 Å². The fourth-order valence-electron chi connectivity index (χ4n) is 1.66. The van der Waals surface area contributed by atoms with Crippen molar-refractivity contribution in [2.24, 2.45) is 0 Å². The number of nitrogen functional groups attached to an aromatic ring is 1. The van der Waals surface area contributed by atoms with E-state index in [0.29, 0.717) is 11.4 Å². The van der Waals surface area contributed by atoms with Gasteiger partial charge in [0.25, 0.3) is 0 Å². The SMILES string of the molecule is CC(C)(C)OC(=O)NC(CC(=O)O)C(=O)Nc1ccccc1N. The van der Waals surface area contributed by atoms with Gasteiger partial charge in [-0.25, -0.2) is 4.79 Å². The third kappa shape index (κ3) is 6.68. The van der Waals surface area contributed by atoms with Crippen LogP contribution in [-0.2, 0) is 14.3 Å². The van der Waals surface area contributed by atoms with Crippen LogP contribution in [0.4, 0.5) is 16.2 Å². The van der Waals surface area contributed by atoms with Crippen LogP contribution < -0.4 is 16.4 Å². The first-order valence-electron chi connectivity index (χ1n) is 6.95. The Morgan fingerprint density at radius 3 is 2.39 bits per heavy atom. The van der Waals surface area contributed by atoms with Crippen molar-refractivity contribution in [3.05, 3.63) is 24.3 Å². The molecule has 0 radical (unpaired) electrons. The zero-order valence-electron chi connectivity index (χ0n) is 13.3. The van der Waals surface area contributed by atoms with Crippen molar-refractivity contribution in [3.8, 4) is 0 Å². The Morgan fingerprint density at radius 2 is 1.87 bits per heavy atom. The average molecular weight is 323 g/mol. The summed E-state index contributed by atoms with van der Waals surface area (Å²) in [6.07, 6.45) is -1.46. The lowest BCUT2D eigenvalue weighted by Crippen LogP contribution is -2.46. The van der Waals surface area contributed by atoms with Gasteiger partial charge in [0, 0.05) is 0 Å². The topological polar surface area (TPSA) is 131 Å². The number of carbonyl (C=O) groups excluding carboxylic acids is 2. The molecule has 0 aliphatic carbocycles. The van der Waals surface area contributed by atoms with Crippen molar-refractivity contribution in [3.63, 3.8) is 0 Å². The molecule has 1 aromatic carbocycles. The highest BCUT2D eigenvalue weighted by Gasteiger charge is 2.26. The van der Waals surface area contributed by atoms with E-state index in [-0.39, 0.29) is 0 Å². The lowest BCUT2D eigenvalue weighted by atomic mass is 10.1. The predicted molar refractivity (Wildman–Crippen MR) is 84.9 cm³/mol. The quantitative estimate of drug-likeness (QED) is 0.608. The number of nitrogens with one attached hydrogen (secondary N) is 2. The maximum atomic E-state index is 12.2. The molecule has 1 rings (SSSR count). The number of para-hydroxylation sites is 2. The van der Waals surface area contributed by atoms with Gasteiger partial charge < -0.3 is 26.2 Å². The monoisotopic (exact) mass is 323 g/mol.